The summed E-state index contributed by atoms with van der Waals surface area (Å²) in [4.78, 5) is 0. The summed E-state index contributed by atoms with van der Waals surface area (Å²) in [5, 5.41) is 7.06. The SMILES string of the molecule is CCc1cccc(C)c1NC(=S)Nc1cccc(OC)c1. The third kappa shape index (κ3) is 3.95. The predicted molar refractivity (Wildman–Crippen MR) is 93.4 cm³/mol. The quantitative estimate of drug-likeness (QED) is 0.821. The van der Waals surface area contributed by atoms with Crippen LogP contribution in [-0.2, 0) is 6.42 Å². The van der Waals surface area contributed by atoms with E-state index in [-0.39, 0.29) is 0 Å². The summed E-state index contributed by atoms with van der Waals surface area (Å²) >= 11 is 5.40. The summed E-state index contributed by atoms with van der Waals surface area (Å²) in [6.45, 7) is 4.22. The van der Waals surface area contributed by atoms with E-state index < -0.39 is 0 Å². The summed E-state index contributed by atoms with van der Waals surface area (Å²) in [6, 6.07) is 14.0. The van der Waals surface area contributed by atoms with Crippen molar-refractivity contribution in [3.05, 3.63) is 53.6 Å². The number of rotatable bonds is 4. The summed E-state index contributed by atoms with van der Waals surface area (Å²) in [7, 11) is 1.65. The fourth-order valence-corrected chi connectivity index (χ4v) is 2.40. The minimum atomic E-state index is 0.576. The van der Waals surface area contributed by atoms with E-state index in [0.717, 1.165) is 23.5 Å². The van der Waals surface area contributed by atoms with Gasteiger partial charge in [-0.25, -0.2) is 0 Å². The highest BCUT2D eigenvalue weighted by Gasteiger charge is 2.06. The van der Waals surface area contributed by atoms with Gasteiger partial charge in [-0.15, -0.1) is 0 Å². The average molecular weight is 300 g/mol. The first-order valence-corrected chi connectivity index (χ1v) is 7.35. The monoisotopic (exact) mass is 300 g/mol. The van der Waals surface area contributed by atoms with Crippen LogP contribution in [0.15, 0.2) is 42.5 Å². The Kier molecular flexibility index (Phi) is 5.17. The highest BCUT2D eigenvalue weighted by molar-refractivity contribution is 7.80. The fraction of sp³-hybridized carbons (Fsp3) is 0.235. The van der Waals surface area contributed by atoms with Crippen molar-refractivity contribution >= 4 is 28.7 Å². The second-order valence-electron chi connectivity index (χ2n) is 4.77. The Bertz CT molecular complexity index is 640. The van der Waals surface area contributed by atoms with Gasteiger partial charge in [0.1, 0.15) is 5.75 Å². The van der Waals surface area contributed by atoms with Crippen molar-refractivity contribution in [1.29, 1.82) is 0 Å². The van der Waals surface area contributed by atoms with Crippen molar-refractivity contribution in [3.8, 4) is 5.75 Å². The lowest BCUT2D eigenvalue weighted by Gasteiger charge is -2.16. The molecule has 21 heavy (non-hydrogen) atoms. The van der Waals surface area contributed by atoms with Gasteiger partial charge in [0.2, 0.25) is 0 Å². The van der Waals surface area contributed by atoms with E-state index in [0.29, 0.717) is 5.11 Å². The number of para-hydroxylation sites is 1. The third-order valence-corrected chi connectivity index (χ3v) is 3.51. The standard InChI is InChI=1S/C17H20N2OS/c1-4-13-8-5-7-12(2)16(13)19-17(21)18-14-9-6-10-15(11-14)20-3/h5-11H,4H2,1-3H3,(H2,18,19,21). The van der Waals surface area contributed by atoms with E-state index in [9.17, 15) is 0 Å². The molecule has 2 aromatic carbocycles. The number of aryl methyl sites for hydroxylation is 2. The number of anilines is 2. The van der Waals surface area contributed by atoms with Gasteiger partial charge in [-0.2, -0.15) is 0 Å². The molecule has 3 nitrogen and oxygen atoms in total. The van der Waals surface area contributed by atoms with Gasteiger partial charge >= 0.3 is 0 Å². The van der Waals surface area contributed by atoms with Crippen molar-refractivity contribution in [1.82, 2.24) is 0 Å². The van der Waals surface area contributed by atoms with Gasteiger partial charge in [0.15, 0.2) is 5.11 Å². The smallest absolute Gasteiger partial charge is 0.175 e. The maximum atomic E-state index is 5.40. The molecule has 2 N–H and O–H groups in total. The van der Waals surface area contributed by atoms with E-state index in [2.05, 4.69) is 42.7 Å². The molecule has 0 saturated heterocycles. The third-order valence-electron chi connectivity index (χ3n) is 3.31. The molecule has 0 heterocycles. The molecule has 0 aromatic heterocycles. The van der Waals surface area contributed by atoms with Crippen LogP contribution in [0.3, 0.4) is 0 Å². The molecular formula is C17H20N2OS. The number of benzene rings is 2. The molecule has 0 amide bonds. The van der Waals surface area contributed by atoms with Crippen LogP contribution in [0.4, 0.5) is 11.4 Å². The van der Waals surface area contributed by atoms with Crippen LogP contribution in [0.25, 0.3) is 0 Å². The molecule has 0 saturated carbocycles. The van der Waals surface area contributed by atoms with Gasteiger partial charge in [0.25, 0.3) is 0 Å². The van der Waals surface area contributed by atoms with Crippen molar-refractivity contribution in [2.45, 2.75) is 20.3 Å². The molecule has 0 atom stereocenters. The van der Waals surface area contributed by atoms with Crippen LogP contribution in [0, 0.1) is 6.92 Å². The van der Waals surface area contributed by atoms with Crippen molar-refractivity contribution in [2.24, 2.45) is 0 Å². The maximum Gasteiger partial charge on any atom is 0.175 e. The highest BCUT2D eigenvalue weighted by atomic mass is 32.1. The zero-order chi connectivity index (χ0) is 15.2. The molecule has 0 unspecified atom stereocenters. The molecule has 110 valence electrons. The Hall–Kier alpha value is -2.07. The molecule has 0 fully saturated rings. The van der Waals surface area contributed by atoms with Crippen LogP contribution >= 0.6 is 12.2 Å². The van der Waals surface area contributed by atoms with Crippen molar-refractivity contribution in [3.63, 3.8) is 0 Å². The lowest BCUT2D eigenvalue weighted by molar-refractivity contribution is 0.415. The van der Waals surface area contributed by atoms with Gasteiger partial charge in [0, 0.05) is 17.4 Å². The van der Waals surface area contributed by atoms with Gasteiger partial charge in [0.05, 0.1) is 7.11 Å². The summed E-state index contributed by atoms with van der Waals surface area (Å²) in [5.41, 5.74) is 4.42. The lowest BCUT2D eigenvalue weighted by Crippen LogP contribution is -2.20. The van der Waals surface area contributed by atoms with Crippen LogP contribution in [-0.4, -0.2) is 12.2 Å². The lowest BCUT2D eigenvalue weighted by atomic mass is 10.1. The first-order chi connectivity index (χ1) is 10.1. The Labute approximate surface area is 131 Å². The summed E-state index contributed by atoms with van der Waals surface area (Å²) in [6.07, 6.45) is 0.964. The van der Waals surface area contributed by atoms with E-state index in [1.165, 1.54) is 11.1 Å². The molecule has 0 aliphatic rings. The first-order valence-electron chi connectivity index (χ1n) is 6.94. The number of ether oxygens (including phenoxy) is 1. The Balaban J connectivity index is 2.11. The van der Waals surface area contributed by atoms with Crippen LogP contribution < -0.4 is 15.4 Å². The molecule has 0 spiro atoms. The van der Waals surface area contributed by atoms with E-state index in [1.807, 2.05) is 24.3 Å². The first kappa shape index (κ1) is 15.3. The summed E-state index contributed by atoms with van der Waals surface area (Å²) in [5.74, 6) is 0.799. The number of methoxy groups -OCH3 is 1. The van der Waals surface area contributed by atoms with Crippen molar-refractivity contribution < 1.29 is 4.74 Å². The van der Waals surface area contributed by atoms with E-state index in [4.69, 9.17) is 17.0 Å². The van der Waals surface area contributed by atoms with Crippen molar-refractivity contribution in [2.75, 3.05) is 17.7 Å². The maximum absolute atomic E-state index is 5.40. The predicted octanol–water partition coefficient (Wildman–Crippen LogP) is 4.37. The topological polar surface area (TPSA) is 33.3 Å². The molecule has 0 aliphatic carbocycles. The highest BCUT2D eigenvalue weighted by Crippen LogP contribution is 2.22. The number of nitrogens with one attached hydrogen (secondary N) is 2. The van der Waals surface area contributed by atoms with Crippen LogP contribution in [0.1, 0.15) is 18.1 Å². The fourth-order valence-electron chi connectivity index (χ4n) is 2.18. The van der Waals surface area contributed by atoms with Gasteiger partial charge in [-0.1, -0.05) is 31.2 Å². The molecule has 2 aromatic rings. The summed E-state index contributed by atoms with van der Waals surface area (Å²) < 4.78 is 5.21. The minimum Gasteiger partial charge on any atom is -0.497 e. The Morgan fingerprint density at radius 3 is 2.62 bits per heavy atom. The number of hydrogen-bond acceptors (Lipinski definition) is 2. The second-order valence-corrected chi connectivity index (χ2v) is 5.18. The van der Waals surface area contributed by atoms with E-state index >= 15 is 0 Å². The van der Waals surface area contributed by atoms with Crippen LogP contribution in [0.5, 0.6) is 5.75 Å². The Morgan fingerprint density at radius 1 is 1.14 bits per heavy atom. The van der Waals surface area contributed by atoms with Gasteiger partial charge in [-0.3, -0.25) is 0 Å². The second kappa shape index (κ2) is 7.09. The Morgan fingerprint density at radius 2 is 1.90 bits per heavy atom. The number of hydrogen-bond donors (Lipinski definition) is 2. The largest absolute Gasteiger partial charge is 0.497 e. The normalized spacial score (nSPS) is 10.0. The van der Waals surface area contributed by atoms with E-state index in [1.54, 1.807) is 7.11 Å². The molecule has 2 rings (SSSR count). The molecule has 0 bridgehead atoms. The van der Waals surface area contributed by atoms with Gasteiger partial charge < -0.3 is 15.4 Å². The molecular weight excluding hydrogens is 280 g/mol. The zero-order valence-electron chi connectivity index (χ0n) is 12.6. The molecule has 0 radical (unpaired) electrons. The molecule has 0 aliphatic heterocycles. The van der Waals surface area contributed by atoms with Crippen LogP contribution in [0.2, 0.25) is 0 Å². The minimum absolute atomic E-state index is 0.576. The zero-order valence-corrected chi connectivity index (χ0v) is 13.4. The van der Waals surface area contributed by atoms with Gasteiger partial charge in [-0.05, 0) is 48.8 Å². The molecule has 4 heteroatoms. The number of thiocarbonyl (C=S) groups is 1. The average Bonchev–Trinajstić information content (AvgIpc) is 2.49.